The molecule has 0 spiro atoms. The van der Waals surface area contributed by atoms with Gasteiger partial charge in [0.2, 0.25) is 0 Å². The first-order valence-electron chi connectivity index (χ1n) is 7.88. The van der Waals surface area contributed by atoms with Crippen molar-refractivity contribution in [2.45, 2.75) is 38.6 Å². The molecule has 1 aliphatic rings. The van der Waals surface area contributed by atoms with Gasteiger partial charge in [-0.2, -0.15) is 0 Å². The van der Waals surface area contributed by atoms with Crippen LogP contribution in [0, 0.1) is 5.92 Å². The van der Waals surface area contributed by atoms with Gasteiger partial charge in [-0.15, -0.1) is 0 Å². The molecule has 1 N–H and O–H groups in total. The highest BCUT2D eigenvalue weighted by molar-refractivity contribution is 9.10. The van der Waals surface area contributed by atoms with Crippen LogP contribution in [0.5, 0.6) is 5.75 Å². The molecular weight excluding hydrogens is 330 g/mol. The minimum atomic E-state index is 0.497. The van der Waals surface area contributed by atoms with Crippen LogP contribution in [0.25, 0.3) is 0 Å². The third kappa shape index (κ3) is 4.97. The molecule has 0 amide bonds. The van der Waals surface area contributed by atoms with E-state index in [1.165, 1.54) is 5.56 Å². The number of benzene rings is 1. The van der Waals surface area contributed by atoms with Gasteiger partial charge in [-0.1, -0.05) is 22.9 Å². The van der Waals surface area contributed by atoms with E-state index < -0.39 is 0 Å². The van der Waals surface area contributed by atoms with Gasteiger partial charge in [0.1, 0.15) is 5.75 Å². The maximum Gasteiger partial charge on any atom is 0.122 e. The standard InChI is InChI=1S/C17H26BrNO2/c1-3-8-19-16(13-6-9-21-10-7-13)12-14-11-15(18)4-5-17(14)20-2/h4-5,11,13,16,19H,3,6-10,12H2,1-2H3. The molecular formula is C17H26BrNO2. The summed E-state index contributed by atoms with van der Waals surface area (Å²) in [5.74, 6) is 1.67. The lowest BCUT2D eigenvalue weighted by atomic mass is 9.87. The van der Waals surface area contributed by atoms with Gasteiger partial charge in [-0.25, -0.2) is 0 Å². The van der Waals surface area contributed by atoms with Gasteiger partial charge in [0.05, 0.1) is 7.11 Å². The lowest BCUT2D eigenvalue weighted by molar-refractivity contribution is 0.0537. The Kier molecular flexibility index (Phi) is 7.00. The van der Waals surface area contributed by atoms with Crippen molar-refractivity contribution in [2.75, 3.05) is 26.9 Å². The summed E-state index contributed by atoms with van der Waals surface area (Å²) in [5, 5.41) is 3.73. The molecule has 1 aliphatic heterocycles. The van der Waals surface area contributed by atoms with Gasteiger partial charge in [-0.05, 0) is 61.9 Å². The second-order valence-electron chi connectivity index (χ2n) is 5.67. The summed E-state index contributed by atoms with van der Waals surface area (Å²) in [4.78, 5) is 0. The molecule has 0 saturated carbocycles. The average molecular weight is 356 g/mol. The molecule has 1 aromatic carbocycles. The zero-order valence-corrected chi connectivity index (χ0v) is 14.6. The van der Waals surface area contributed by atoms with E-state index in [0.29, 0.717) is 12.0 Å². The van der Waals surface area contributed by atoms with Crippen molar-refractivity contribution in [3.63, 3.8) is 0 Å². The Morgan fingerprint density at radius 2 is 2.14 bits per heavy atom. The van der Waals surface area contributed by atoms with E-state index in [4.69, 9.17) is 9.47 Å². The van der Waals surface area contributed by atoms with Gasteiger partial charge in [-0.3, -0.25) is 0 Å². The minimum absolute atomic E-state index is 0.497. The molecule has 1 fully saturated rings. The monoisotopic (exact) mass is 355 g/mol. The van der Waals surface area contributed by atoms with Crippen LogP contribution >= 0.6 is 15.9 Å². The fourth-order valence-electron chi connectivity index (χ4n) is 3.00. The summed E-state index contributed by atoms with van der Waals surface area (Å²) in [6.07, 6.45) is 4.47. The second-order valence-corrected chi connectivity index (χ2v) is 6.59. The van der Waals surface area contributed by atoms with E-state index in [9.17, 15) is 0 Å². The third-order valence-electron chi connectivity index (χ3n) is 4.17. The number of ether oxygens (including phenoxy) is 2. The van der Waals surface area contributed by atoms with Crippen LogP contribution < -0.4 is 10.1 Å². The summed E-state index contributed by atoms with van der Waals surface area (Å²) in [6, 6.07) is 6.75. The summed E-state index contributed by atoms with van der Waals surface area (Å²) in [6.45, 7) is 5.07. The molecule has 1 atom stereocenters. The minimum Gasteiger partial charge on any atom is -0.496 e. The van der Waals surface area contributed by atoms with Crippen molar-refractivity contribution < 1.29 is 9.47 Å². The number of halogens is 1. The van der Waals surface area contributed by atoms with E-state index in [2.05, 4.69) is 34.2 Å². The van der Waals surface area contributed by atoms with E-state index in [1.807, 2.05) is 12.1 Å². The number of rotatable bonds is 7. The first-order valence-corrected chi connectivity index (χ1v) is 8.67. The normalized spacial score (nSPS) is 17.7. The molecule has 21 heavy (non-hydrogen) atoms. The van der Waals surface area contributed by atoms with Crippen molar-refractivity contribution in [2.24, 2.45) is 5.92 Å². The highest BCUT2D eigenvalue weighted by atomic mass is 79.9. The van der Waals surface area contributed by atoms with Crippen LogP contribution in [0.3, 0.4) is 0 Å². The Hall–Kier alpha value is -0.580. The van der Waals surface area contributed by atoms with E-state index in [-0.39, 0.29) is 0 Å². The predicted octanol–water partition coefficient (Wildman–Crippen LogP) is 3.80. The fourth-order valence-corrected chi connectivity index (χ4v) is 3.41. The lowest BCUT2D eigenvalue weighted by Gasteiger charge is -2.31. The predicted molar refractivity (Wildman–Crippen MR) is 90.0 cm³/mol. The van der Waals surface area contributed by atoms with Gasteiger partial charge < -0.3 is 14.8 Å². The summed E-state index contributed by atoms with van der Waals surface area (Å²) < 4.78 is 12.1. The van der Waals surface area contributed by atoms with Gasteiger partial charge in [0, 0.05) is 23.7 Å². The maximum atomic E-state index is 5.52. The maximum absolute atomic E-state index is 5.52. The van der Waals surface area contributed by atoms with Crippen molar-refractivity contribution in [3.05, 3.63) is 28.2 Å². The molecule has 118 valence electrons. The molecule has 0 aromatic heterocycles. The molecule has 0 aliphatic carbocycles. The zero-order chi connectivity index (χ0) is 15.1. The van der Waals surface area contributed by atoms with Crippen molar-refractivity contribution in [1.29, 1.82) is 0 Å². The van der Waals surface area contributed by atoms with Crippen molar-refractivity contribution >= 4 is 15.9 Å². The van der Waals surface area contributed by atoms with Crippen LogP contribution in [0.1, 0.15) is 31.7 Å². The first-order chi connectivity index (χ1) is 10.2. The largest absolute Gasteiger partial charge is 0.496 e. The zero-order valence-electron chi connectivity index (χ0n) is 13.0. The van der Waals surface area contributed by atoms with Crippen LogP contribution in [-0.2, 0) is 11.2 Å². The number of nitrogens with one attached hydrogen (secondary N) is 1. The highest BCUT2D eigenvalue weighted by Gasteiger charge is 2.24. The molecule has 0 radical (unpaired) electrons. The first kappa shape index (κ1) is 16.8. The van der Waals surface area contributed by atoms with E-state index in [0.717, 1.165) is 55.7 Å². The Labute approximate surface area is 136 Å². The van der Waals surface area contributed by atoms with Gasteiger partial charge >= 0.3 is 0 Å². The van der Waals surface area contributed by atoms with E-state index >= 15 is 0 Å². The average Bonchev–Trinajstić information content (AvgIpc) is 2.52. The molecule has 1 aromatic rings. The smallest absolute Gasteiger partial charge is 0.122 e. The number of hydrogen-bond donors (Lipinski definition) is 1. The fraction of sp³-hybridized carbons (Fsp3) is 0.647. The SMILES string of the molecule is CCCNC(Cc1cc(Br)ccc1OC)C1CCOCC1. The molecule has 1 saturated heterocycles. The van der Waals surface area contributed by atoms with Crippen LogP contribution in [-0.4, -0.2) is 32.9 Å². The Bertz CT molecular complexity index is 433. The summed E-state index contributed by atoms with van der Waals surface area (Å²) in [7, 11) is 1.75. The molecule has 0 bridgehead atoms. The molecule has 1 heterocycles. The molecule has 3 nitrogen and oxygen atoms in total. The Morgan fingerprint density at radius 1 is 1.38 bits per heavy atom. The highest BCUT2D eigenvalue weighted by Crippen LogP contribution is 2.28. The second kappa shape index (κ2) is 8.76. The summed E-state index contributed by atoms with van der Waals surface area (Å²) >= 11 is 3.57. The molecule has 4 heteroatoms. The Morgan fingerprint density at radius 3 is 2.81 bits per heavy atom. The van der Waals surface area contributed by atoms with Crippen LogP contribution in [0.2, 0.25) is 0 Å². The number of methoxy groups -OCH3 is 1. The van der Waals surface area contributed by atoms with Crippen LogP contribution in [0.4, 0.5) is 0 Å². The van der Waals surface area contributed by atoms with Crippen molar-refractivity contribution in [3.8, 4) is 5.75 Å². The molecule has 2 rings (SSSR count). The Balaban J connectivity index is 2.11. The lowest BCUT2D eigenvalue weighted by Crippen LogP contribution is -2.41. The topological polar surface area (TPSA) is 30.5 Å². The van der Waals surface area contributed by atoms with Gasteiger partial charge in [0.15, 0.2) is 0 Å². The van der Waals surface area contributed by atoms with Crippen LogP contribution in [0.15, 0.2) is 22.7 Å². The quantitative estimate of drug-likeness (QED) is 0.806. The summed E-state index contributed by atoms with van der Waals surface area (Å²) in [5.41, 5.74) is 1.27. The third-order valence-corrected chi connectivity index (χ3v) is 4.67. The van der Waals surface area contributed by atoms with Crippen molar-refractivity contribution in [1.82, 2.24) is 5.32 Å². The number of hydrogen-bond acceptors (Lipinski definition) is 3. The van der Waals surface area contributed by atoms with Gasteiger partial charge in [0.25, 0.3) is 0 Å². The van der Waals surface area contributed by atoms with E-state index in [1.54, 1.807) is 7.11 Å². The molecule has 1 unspecified atom stereocenters.